The molecule has 0 aromatic heterocycles. The number of hydrogen-bond donors (Lipinski definition) is 0. The quantitative estimate of drug-likeness (QED) is 0.741. The fourth-order valence-electron chi connectivity index (χ4n) is 2.08. The second-order valence-corrected chi connectivity index (χ2v) is 6.37. The monoisotopic (exact) mass is 354 g/mol. The van der Waals surface area contributed by atoms with Gasteiger partial charge in [0.25, 0.3) is 0 Å². The van der Waals surface area contributed by atoms with Gasteiger partial charge in [-0.15, -0.1) is 11.8 Å². The topological polar surface area (TPSA) is 18.5 Å². The van der Waals surface area contributed by atoms with Gasteiger partial charge in [-0.3, -0.25) is 0 Å². The molecule has 0 fully saturated rings. The summed E-state index contributed by atoms with van der Waals surface area (Å²) in [7, 11) is 0. The van der Waals surface area contributed by atoms with Crippen molar-refractivity contribution in [2.75, 3.05) is 6.79 Å². The molecule has 2 aromatic rings. The van der Waals surface area contributed by atoms with Crippen LogP contribution < -0.4 is 4.74 Å². The van der Waals surface area contributed by atoms with Crippen LogP contribution in [0.5, 0.6) is 5.75 Å². The Morgan fingerprint density at radius 1 is 1.25 bits per heavy atom. The van der Waals surface area contributed by atoms with E-state index in [0.717, 1.165) is 26.2 Å². The van der Waals surface area contributed by atoms with Gasteiger partial charge in [-0.05, 0) is 30.3 Å². The number of hydrogen-bond acceptors (Lipinski definition) is 3. The van der Waals surface area contributed by atoms with E-state index < -0.39 is 0 Å². The second kappa shape index (κ2) is 6.16. The average Bonchev–Trinajstić information content (AvgIpc) is 2.44. The standard InChI is InChI=1S/C15H12BrFO2S/c16-12-2-1-3-14(6-12)20-8-11-5-13(17)4-10-7-18-9-19-15(10)11/h1-6H,7-9H2. The molecule has 1 aliphatic rings. The van der Waals surface area contributed by atoms with E-state index in [0.29, 0.717) is 12.4 Å². The Morgan fingerprint density at radius 3 is 3.00 bits per heavy atom. The third kappa shape index (κ3) is 3.16. The summed E-state index contributed by atoms with van der Waals surface area (Å²) < 4.78 is 25.3. The highest BCUT2D eigenvalue weighted by atomic mass is 79.9. The number of benzene rings is 2. The molecule has 0 saturated carbocycles. The van der Waals surface area contributed by atoms with Crippen molar-refractivity contribution in [2.45, 2.75) is 17.3 Å². The van der Waals surface area contributed by atoms with Crippen LogP contribution in [-0.4, -0.2) is 6.79 Å². The minimum atomic E-state index is -0.248. The summed E-state index contributed by atoms with van der Waals surface area (Å²) in [6.45, 7) is 0.634. The Bertz CT molecular complexity index is 633. The Hall–Kier alpha value is -1.04. The maximum absolute atomic E-state index is 13.6. The van der Waals surface area contributed by atoms with Crippen LogP contribution in [-0.2, 0) is 17.1 Å². The molecule has 0 radical (unpaired) electrons. The lowest BCUT2D eigenvalue weighted by molar-refractivity contribution is -0.0171. The highest BCUT2D eigenvalue weighted by Crippen LogP contribution is 2.34. The van der Waals surface area contributed by atoms with Gasteiger partial charge in [-0.2, -0.15) is 0 Å². The van der Waals surface area contributed by atoms with Gasteiger partial charge in [-0.1, -0.05) is 22.0 Å². The molecule has 2 aromatic carbocycles. The van der Waals surface area contributed by atoms with Gasteiger partial charge in [0.1, 0.15) is 11.6 Å². The fourth-order valence-corrected chi connectivity index (χ4v) is 3.55. The molecule has 2 nitrogen and oxygen atoms in total. The van der Waals surface area contributed by atoms with E-state index in [4.69, 9.17) is 9.47 Å². The molecular formula is C15H12BrFO2S. The molecule has 3 rings (SSSR count). The van der Waals surface area contributed by atoms with Crippen LogP contribution in [0.15, 0.2) is 45.8 Å². The van der Waals surface area contributed by atoms with Crippen molar-refractivity contribution in [1.82, 2.24) is 0 Å². The van der Waals surface area contributed by atoms with E-state index in [2.05, 4.69) is 15.9 Å². The summed E-state index contributed by atoms with van der Waals surface area (Å²) in [5.41, 5.74) is 1.65. The second-order valence-electron chi connectivity index (χ2n) is 4.41. The summed E-state index contributed by atoms with van der Waals surface area (Å²) >= 11 is 5.10. The molecule has 5 heteroatoms. The highest BCUT2D eigenvalue weighted by Gasteiger charge is 2.17. The van der Waals surface area contributed by atoms with Crippen LogP contribution in [0, 0.1) is 5.82 Å². The predicted molar refractivity (Wildman–Crippen MR) is 80.4 cm³/mol. The SMILES string of the molecule is Fc1cc2c(c(CSc3cccc(Br)c3)c1)OCOC2. The number of fused-ring (bicyclic) bond motifs is 1. The van der Waals surface area contributed by atoms with Crippen LogP contribution in [0.1, 0.15) is 11.1 Å². The first kappa shape index (κ1) is 13.9. The maximum atomic E-state index is 13.6. The number of thioether (sulfide) groups is 1. The Kier molecular flexibility index (Phi) is 4.29. The summed E-state index contributed by atoms with van der Waals surface area (Å²) in [5, 5.41) is 0. The van der Waals surface area contributed by atoms with Crippen molar-refractivity contribution in [2.24, 2.45) is 0 Å². The lowest BCUT2D eigenvalue weighted by atomic mass is 10.1. The molecule has 0 N–H and O–H groups in total. The summed E-state index contributed by atoms with van der Waals surface area (Å²) in [6, 6.07) is 11.1. The molecule has 0 saturated heterocycles. The first-order chi connectivity index (χ1) is 9.72. The van der Waals surface area contributed by atoms with Crippen molar-refractivity contribution in [1.29, 1.82) is 0 Å². The molecular weight excluding hydrogens is 343 g/mol. The van der Waals surface area contributed by atoms with Crippen LogP contribution in [0.3, 0.4) is 0 Å². The first-order valence-corrected chi connectivity index (χ1v) is 7.90. The van der Waals surface area contributed by atoms with E-state index in [9.17, 15) is 4.39 Å². The molecule has 0 bridgehead atoms. The Labute approximate surface area is 129 Å². The third-order valence-corrected chi connectivity index (χ3v) is 4.48. The average molecular weight is 355 g/mol. The van der Waals surface area contributed by atoms with Gasteiger partial charge in [-0.25, -0.2) is 4.39 Å². The molecule has 20 heavy (non-hydrogen) atoms. The van der Waals surface area contributed by atoms with E-state index in [-0.39, 0.29) is 12.6 Å². The zero-order valence-corrected chi connectivity index (χ0v) is 13.0. The van der Waals surface area contributed by atoms with Crippen LogP contribution in [0.25, 0.3) is 0 Å². The molecule has 0 spiro atoms. The smallest absolute Gasteiger partial charge is 0.189 e. The number of rotatable bonds is 3. The molecule has 0 unspecified atom stereocenters. The summed E-state index contributed by atoms with van der Waals surface area (Å²) in [5.74, 6) is 1.18. The van der Waals surface area contributed by atoms with Gasteiger partial charge >= 0.3 is 0 Å². The normalized spacial score (nSPS) is 13.7. The third-order valence-electron chi connectivity index (χ3n) is 2.94. The maximum Gasteiger partial charge on any atom is 0.189 e. The zero-order valence-electron chi connectivity index (χ0n) is 10.6. The molecule has 0 amide bonds. The van der Waals surface area contributed by atoms with Gasteiger partial charge in [0.05, 0.1) is 6.61 Å². The van der Waals surface area contributed by atoms with E-state index in [1.165, 1.54) is 12.1 Å². The van der Waals surface area contributed by atoms with Crippen molar-refractivity contribution < 1.29 is 13.9 Å². The van der Waals surface area contributed by atoms with Crippen molar-refractivity contribution in [3.05, 3.63) is 57.8 Å². The highest BCUT2D eigenvalue weighted by molar-refractivity contribution is 9.10. The van der Waals surface area contributed by atoms with E-state index in [1.807, 2.05) is 24.3 Å². The first-order valence-electron chi connectivity index (χ1n) is 6.12. The van der Waals surface area contributed by atoms with Gasteiger partial charge in [0, 0.05) is 26.2 Å². The largest absolute Gasteiger partial charge is 0.467 e. The zero-order chi connectivity index (χ0) is 13.9. The number of ether oxygens (including phenoxy) is 2. The van der Waals surface area contributed by atoms with E-state index in [1.54, 1.807) is 11.8 Å². The Balaban J connectivity index is 1.82. The van der Waals surface area contributed by atoms with Crippen molar-refractivity contribution in [3.63, 3.8) is 0 Å². The van der Waals surface area contributed by atoms with Crippen LogP contribution in [0.4, 0.5) is 4.39 Å². The summed E-state index contributed by atoms with van der Waals surface area (Å²) in [4.78, 5) is 1.13. The fraction of sp³-hybridized carbons (Fsp3) is 0.200. The molecule has 1 heterocycles. The minimum absolute atomic E-state index is 0.229. The Morgan fingerprint density at radius 2 is 2.15 bits per heavy atom. The lowest BCUT2D eigenvalue weighted by Gasteiger charge is -2.20. The summed E-state index contributed by atoms with van der Waals surface area (Å²) in [6.07, 6.45) is 0. The van der Waals surface area contributed by atoms with Crippen LogP contribution in [0.2, 0.25) is 0 Å². The molecule has 1 aliphatic heterocycles. The van der Waals surface area contributed by atoms with Gasteiger partial charge in [0.2, 0.25) is 0 Å². The molecule has 0 atom stereocenters. The van der Waals surface area contributed by atoms with Crippen LogP contribution >= 0.6 is 27.7 Å². The number of halogens is 2. The van der Waals surface area contributed by atoms with Gasteiger partial charge in [0.15, 0.2) is 6.79 Å². The van der Waals surface area contributed by atoms with Gasteiger partial charge < -0.3 is 9.47 Å². The molecule has 0 aliphatic carbocycles. The molecule has 104 valence electrons. The minimum Gasteiger partial charge on any atom is -0.467 e. The predicted octanol–water partition coefficient (Wildman–Crippen LogP) is 4.75. The van der Waals surface area contributed by atoms with Crippen molar-refractivity contribution in [3.8, 4) is 5.75 Å². The van der Waals surface area contributed by atoms with E-state index >= 15 is 0 Å². The van der Waals surface area contributed by atoms with Crippen molar-refractivity contribution >= 4 is 27.7 Å². The lowest BCUT2D eigenvalue weighted by Crippen LogP contribution is -2.13.